The number of aryl methyl sites for hydroxylation is 1. The lowest BCUT2D eigenvalue weighted by Gasteiger charge is -2.02. The zero-order valence-corrected chi connectivity index (χ0v) is 8.13. The number of Topliss-reactive ketones (excluding diaryl/α,β-unsaturated/α-hetero) is 1. The molecule has 0 spiro atoms. The summed E-state index contributed by atoms with van der Waals surface area (Å²) in [5, 5.41) is 0. The van der Waals surface area contributed by atoms with E-state index in [4.69, 9.17) is 0 Å². The van der Waals surface area contributed by atoms with Crippen molar-refractivity contribution >= 4 is 21.7 Å². The Morgan fingerprint density at radius 3 is 2.73 bits per heavy atom. The predicted octanol–water partition coefficient (Wildman–Crippen LogP) is 1.99. The first-order valence-electron chi connectivity index (χ1n) is 3.42. The largest absolute Gasteiger partial charge is 0.348 e. The maximum absolute atomic E-state index is 11.4. The van der Waals surface area contributed by atoms with E-state index < -0.39 is 0 Å². The first-order valence-corrected chi connectivity index (χ1v) is 4.34. The van der Waals surface area contributed by atoms with Gasteiger partial charge in [-0.15, -0.1) is 0 Å². The monoisotopic (exact) mass is 215 g/mol. The Labute approximate surface area is 74.3 Å². The molecule has 0 amide bonds. The molecule has 1 heterocycles. The molecule has 11 heavy (non-hydrogen) atoms. The van der Waals surface area contributed by atoms with Crippen LogP contribution in [0.25, 0.3) is 0 Å². The van der Waals surface area contributed by atoms with E-state index in [0.29, 0.717) is 0 Å². The molecule has 60 valence electrons. The summed E-state index contributed by atoms with van der Waals surface area (Å²) in [7, 11) is 1.86. The normalized spacial score (nSPS) is 13.0. The molecular formula is C8H10BrNO. The third-order valence-corrected chi connectivity index (χ3v) is 1.97. The number of hydrogen-bond acceptors (Lipinski definition) is 1. The molecule has 0 aliphatic carbocycles. The van der Waals surface area contributed by atoms with Crippen LogP contribution in [0.4, 0.5) is 0 Å². The zero-order chi connectivity index (χ0) is 8.43. The van der Waals surface area contributed by atoms with Crippen molar-refractivity contribution in [2.24, 2.45) is 7.05 Å². The summed E-state index contributed by atoms with van der Waals surface area (Å²) < 4.78 is 1.82. The molecule has 0 N–H and O–H groups in total. The highest BCUT2D eigenvalue weighted by Crippen LogP contribution is 2.09. The van der Waals surface area contributed by atoms with Crippen molar-refractivity contribution < 1.29 is 4.79 Å². The fraction of sp³-hybridized carbons (Fsp3) is 0.375. The Kier molecular flexibility index (Phi) is 2.49. The summed E-state index contributed by atoms with van der Waals surface area (Å²) in [5.41, 5.74) is 0.745. The van der Waals surface area contributed by atoms with Gasteiger partial charge in [-0.2, -0.15) is 0 Å². The molecule has 1 atom stereocenters. The van der Waals surface area contributed by atoms with Crippen LogP contribution in [-0.2, 0) is 7.05 Å². The molecule has 0 fully saturated rings. The Balaban J connectivity index is 2.93. The molecule has 1 aromatic heterocycles. The summed E-state index contributed by atoms with van der Waals surface area (Å²) in [5.74, 6) is 0.123. The van der Waals surface area contributed by atoms with Crippen molar-refractivity contribution in [1.82, 2.24) is 4.57 Å². The van der Waals surface area contributed by atoms with Gasteiger partial charge in [0.2, 0.25) is 0 Å². The lowest BCUT2D eigenvalue weighted by Crippen LogP contribution is -2.13. The summed E-state index contributed by atoms with van der Waals surface area (Å²) >= 11 is 3.23. The van der Waals surface area contributed by atoms with E-state index in [9.17, 15) is 4.79 Å². The quantitative estimate of drug-likeness (QED) is 0.547. The van der Waals surface area contributed by atoms with Crippen LogP contribution in [0.5, 0.6) is 0 Å². The van der Waals surface area contributed by atoms with Crippen molar-refractivity contribution in [2.45, 2.75) is 11.8 Å². The average Bonchev–Trinajstić information content (AvgIpc) is 2.33. The van der Waals surface area contributed by atoms with Crippen molar-refractivity contribution in [3.8, 4) is 0 Å². The van der Waals surface area contributed by atoms with Gasteiger partial charge in [0.15, 0.2) is 5.78 Å². The van der Waals surface area contributed by atoms with Gasteiger partial charge >= 0.3 is 0 Å². The van der Waals surface area contributed by atoms with Crippen LogP contribution in [0.15, 0.2) is 18.3 Å². The number of halogens is 1. The molecule has 3 heteroatoms. The maximum Gasteiger partial charge on any atom is 0.192 e. The highest BCUT2D eigenvalue weighted by Gasteiger charge is 2.13. The molecule has 1 aromatic rings. The number of ketones is 1. The van der Waals surface area contributed by atoms with Crippen molar-refractivity contribution in [3.63, 3.8) is 0 Å². The van der Waals surface area contributed by atoms with Crippen LogP contribution in [0.3, 0.4) is 0 Å². The second-order valence-corrected chi connectivity index (χ2v) is 3.86. The smallest absolute Gasteiger partial charge is 0.192 e. The number of hydrogen-bond donors (Lipinski definition) is 0. The van der Waals surface area contributed by atoms with Crippen LogP contribution in [0.1, 0.15) is 17.4 Å². The van der Waals surface area contributed by atoms with Crippen molar-refractivity contribution in [3.05, 3.63) is 24.0 Å². The Morgan fingerprint density at radius 1 is 1.73 bits per heavy atom. The SMILES string of the molecule is CC(Br)C(=O)c1cccn1C. The molecule has 1 unspecified atom stereocenters. The van der Waals surface area contributed by atoms with Crippen LogP contribution in [0.2, 0.25) is 0 Å². The fourth-order valence-electron chi connectivity index (χ4n) is 0.921. The molecule has 0 saturated heterocycles. The van der Waals surface area contributed by atoms with E-state index in [1.807, 2.05) is 36.9 Å². The van der Waals surface area contributed by atoms with Gasteiger partial charge in [0.1, 0.15) is 0 Å². The number of rotatable bonds is 2. The number of alkyl halides is 1. The Morgan fingerprint density at radius 2 is 2.36 bits per heavy atom. The van der Waals surface area contributed by atoms with Gasteiger partial charge in [0.05, 0.1) is 10.5 Å². The summed E-state index contributed by atoms with van der Waals surface area (Å²) in [6, 6.07) is 3.68. The summed E-state index contributed by atoms with van der Waals surface area (Å²) in [6.45, 7) is 1.83. The fourth-order valence-corrected chi connectivity index (χ4v) is 1.16. The third kappa shape index (κ3) is 1.71. The topological polar surface area (TPSA) is 22.0 Å². The molecule has 0 bridgehead atoms. The van der Waals surface area contributed by atoms with Gasteiger partial charge in [0.25, 0.3) is 0 Å². The maximum atomic E-state index is 11.4. The van der Waals surface area contributed by atoms with E-state index in [1.165, 1.54) is 0 Å². The number of nitrogens with zero attached hydrogens (tertiary/aromatic N) is 1. The van der Waals surface area contributed by atoms with Crippen molar-refractivity contribution in [1.29, 1.82) is 0 Å². The van der Waals surface area contributed by atoms with Gasteiger partial charge in [0, 0.05) is 13.2 Å². The summed E-state index contributed by atoms with van der Waals surface area (Å²) in [6.07, 6.45) is 1.86. The minimum atomic E-state index is -0.101. The van der Waals surface area contributed by atoms with E-state index >= 15 is 0 Å². The number of carbonyl (C=O) groups is 1. The molecule has 0 aliphatic rings. The molecule has 0 radical (unpaired) electrons. The van der Waals surface area contributed by atoms with E-state index in [1.54, 1.807) is 0 Å². The lowest BCUT2D eigenvalue weighted by atomic mass is 10.2. The Hall–Kier alpha value is -0.570. The zero-order valence-electron chi connectivity index (χ0n) is 6.54. The van der Waals surface area contributed by atoms with E-state index in [2.05, 4.69) is 15.9 Å². The highest BCUT2D eigenvalue weighted by atomic mass is 79.9. The molecular weight excluding hydrogens is 206 g/mol. The molecule has 2 nitrogen and oxygen atoms in total. The summed E-state index contributed by atoms with van der Waals surface area (Å²) in [4.78, 5) is 11.3. The van der Waals surface area contributed by atoms with Crippen molar-refractivity contribution in [2.75, 3.05) is 0 Å². The predicted molar refractivity (Wildman–Crippen MR) is 48.1 cm³/mol. The third-order valence-electron chi connectivity index (χ3n) is 1.56. The first kappa shape index (κ1) is 8.53. The van der Waals surface area contributed by atoms with Crippen LogP contribution in [-0.4, -0.2) is 15.2 Å². The highest BCUT2D eigenvalue weighted by molar-refractivity contribution is 9.10. The standard InChI is InChI=1S/C8H10BrNO/c1-6(9)8(11)7-4-3-5-10(7)2/h3-6H,1-2H3. The lowest BCUT2D eigenvalue weighted by molar-refractivity contribution is 0.0988. The number of carbonyl (C=O) groups excluding carboxylic acids is 1. The average molecular weight is 216 g/mol. The molecule has 0 saturated carbocycles. The molecule has 1 rings (SSSR count). The molecule has 0 aliphatic heterocycles. The van der Waals surface area contributed by atoms with Crippen LogP contribution in [0, 0.1) is 0 Å². The first-order chi connectivity index (χ1) is 5.13. The van der Waals surface area contributed by atoms with E-state index in [-0.39, 0.29) is 10.6 Å². The second kappa shape index (κ2) is 3.22. The molecule has 0 aromatic carbocycles. The van der Waals surface area contributed by atoms with Crippen LogP contribution < -0.4 is 0 Å². The number of aromatic nitrogens is 1. The van der Waals surface area contributed by atoms with Crippen LogP contribution >= 0.6 is 15.9 Å². The van der Waals surface area contributed by atoms with Gasteiger partial charge in [-0.25, -0.2) is 0 Å². The van der Waals surface area contributed by atoms with Gasteiger partial charge in [-0.3, -0.25) is 4.79 Å². The second-order valence-electron chi connectivity index (χ2n) is 2.48. The van der Waals surface area contributed by atoms with E-state index in [0.717, 1.165) is 5.69 Å². The minimum absolute atomic E-state index is 0.101. The van der Waals surface area contributed by atoms with Gasteiger partial charge < -0.3 is 4.57 Å². The Bertz CT molecular complexity index is 265. The van der Waals surface area contributed by atoms with Gasteiger partial charge in [-0.05, 0) is 19.1 Å². The van der Waals surface area contributed by atoms with Gasteiger partial charge in [-0.1, -0.05) is 15.9 Å². The minimum Gasteiger partial charge on any atom is -0.348 e.